The van der Waals surface area contributed by atoms with E-state index in [4.69, 9.17) is 21.1 Å². The normalized spacial score (nSPS) is 10.5. The second-order valence-corrected chi connectivity index (χ2v) is 3.26. The average Bonchev–Trinajstić information content (AvgIpc) is 2.75. The van der Waals surface area contributed by atoms with Crippen molar-refractivity contribution in [3.63, 3.8) is 0 Å². The summed E-state index contributed by atoms with van der Waals surface area (Å²) in [4.78, 5) is 17.2. The molecule has 0 aromatic carbocycles. The Morgan fingerprint density at radius 2 is 2.47 bits per heavy atom. The molecule has 0 fully saturated rings. The van der Waals surface area contributed by atoms with Gasteiger partial charge in [-0.15, -0.1) is 0 Å². The number of hydrogen-bond acceptors (Lipinski definition) is 3. The van der Waals surface area contributed by atoms with Crippen molar-refractivity contribution >= 4 is 17.6 Å². The molecule has 0 radical (unpaired) electrons. The summed E-state index contributed by atoms with van der Waals surface area (Å²) >= 11 is 5.76. The standard InChI is InChI=1S/C9H7ClN2O3/c10-8-5(4-7(13)14)11-9(12-8)6-2-1-3-15-6/h1-3H,4H2,(H,11,12)(H,13,14). The number of carboxylic acid groups (broad SMARTS) is 1. The molecule has 0 saturated heterocycles. The van der Waals surface area contributed by atoms with E-state index >= 15 is 0 Å². The summed E-state index contributed by atoms with van der Waals surface area (Å²) in [7, 11) is 0. The molecule has 15 heavy (non-hydrogen) atoms. The maximum Gasteiger partial charge on any atom is 0.309 e. The number of nitrogens with zero attached hydrogens (tertiary/aromatic N) is 1. The predicted octanol–water partition coefficient (Wildman–Crippen LogP) is 1.95. The first-order valence-electron chi connectivity index (χ1n) is 4.17. The van der Waals surface area contributed by atoms with Crippen LogP contribution in [-0.4, -0.2) is 21.0 Å². The fourth-order valence-corrected chi connectivity index (χ4v) is 1.39. The molecule has 0 aliphatic rings. The monoisotopic (exact) mass is 226 g/mol. The highest BCUT2D eigenvalue weighted by Crippen LogP contribution is 2.21. The first kappa shape index (κ1) is 9.79. The van der Waals surface area contributed by atoms with Crippen LogP contribution in [0.3, 0.4) is 0 Å². The summed E-state index contributed by atoms with van der Waals surface area (Å²) in [5.74, 6) is -0.0127. The zero-order valence-electron chi connectivity index (χ0n) is 7.53. The zero-order valence-corrected chi connectivity index (χ0v) is 8.28. The Bertz CT molecular complexity index is 476. The third-order valence-corrected chi connectivity index (χ3v) is 2.12. The number of halogens is 1. The fraction of sp³-hybridized carbons (Fsp3) is 0.111. The molecular formula is C9H7ClN2O3. The molecule has 78 valence electrons. The Kier molecular flexibility index (Phi) is 2.47. The summed E-state index contributed by atoms with van der Waals surface area (Å²) in [5, 5.41) is 8.76. The van der Waals surface area contributed by atoms with E-state index in [1.807, 2.05) is 0 Å². The van der Waals surface area contributed by atoms with Crippen molar-refractivity contribution in [2.75, 3.05) is 0 Å². The van der Waals surface area contributed by atoms with Gasteiger partial charge in [0.2, 0.25) is 0 Å². The number of aromatic nitrogens is 2. The molecule has 2 rings (SSSR count). The molecule has 0 amide bonds. The molecule has 0 bridgehead atoms. The van der Waals surface area contributed by atoms with Gasteiger partial charge in [-0.1, -0.05) is 11.6 Å². The van der Waals surface area contributed by atoms with Gasteiger partial charge in [-0.25, -0.2) is 4.98 Å². The number of aliphatic carboxylic acids is 1. The largest absolute Gasteiger partial charge is 0.481 e. The quantitative estimate of drug-likeness (QED) is 0.838. The van der Waals surface area contributed by atoms with Crippen LogP contribution >= 0.6 is 11.6 Å². The average molecular weight is 227 g/mol. The fourth-order valence-electron chi connectivity index (χ4n) is 1.19. The second kappa shape index (κ2) is 3.78. The number of hydrogen-bond donors (Lipinski definition) is 2. The van der Waals surface area contributed by atoms with E-state index in [-0.39, 0.29) is 11.6 Å². The Hall–Kier alpha value is -1.75. The van der Waals surface area contributed by atoms with Gasteiger partial charge in [0.25, 0.3) is 0 Å². The first-order chi connectivity index (χ1) is 7.16. The number of furan rings is 1. The Balaban J connectivity index is 2.33. The van der Waals surface area contributed by atoms with Crippen LogP contribution in [0.4, 0.5) is 0 Å². The lowest BCUT2D eigenvalue weighted by Gasteiger charge is -1.90. The molecule has 2 N–H and O–H groups in total. The van der Waals surface area contributed by atoms with Gasteiger partial charge in [0.15, 0.2) is 16.7 Å². The number of imidazole rings is 1. The van der Waals surface area contributed by atoms with Crippen molar-refractivity contribution in [3.8, 4) is 11.6 Å². The molecule has 2 aromatic rings. The summed E-state index contributed by atoms with van der Waals surface area (Å²) < 4.78 is 5.09. The number of nitrogens with one attached hydrogen (secondary N) is 1. The van der Waals surface area contributed by atoms with E-state index in [0.717, 1.165) is 0 Å². The topological polar surface area (TPSA) is 79.1 Å². The minimum absolute atomic E-state index is 0.156. The molecule has 5 nitrogen and oxygen atoms in total. The highest BCUT2D eigenvalue weighted by atomic mass is 35.5. The molecule has 0 aliphatic carbocycles. The van der Waals surface area contributed by atoms with Crippen molar-refractivity contribution in [1.29, 1.82) is 0 Å². The van der Waals surface area contributed by atoms with Crippen LogP contribution in [0.2, 0.25) is 5.15 Å². The maximum atomic E-state index is 10.5. The van der Waals surface area contributed by atoms with Crippen LogP contribution in [0, 0.1) is 0 Å². The van der Waals surface area contributed by atoms with E-state index in [1.54, 1.807) is 12.1 Å². The Morgan fingerprint density at radius 1 is 1.67 bits per heavy atom. The summed E-state index contributed by atoms with van der Waals surface area (Å²) in [6, 6.07) is 3.42. The van der Waals surface area contributed by atoms with Crippen LogP contribution in [0.5, 0.6) is 0 Å². The minimum Gasteiger partial charge on any atom is -0.481 e. The van der Waals surface area contributed by atoms with Crippen molar-refractivity contribution < 1.29 is 14.3 Å². The number of aromatic amines is 1. The van der Waals surface area contributed by atoms with Gasteiger partial charge in [0, 0.05) is 0 Å². The van der Waals surface area contributed by atoms with Gasteiger partial charge < -0.3 is 14.5 Å². The van der Waals surface area contributed by atoms with Crippen LogP contribution < -0.4 is 0 Å². The van der Waals surface area contributed by atoms with Gasteiger partial charge in [0.05, 0.1) is 18.4 Å². The van der Waals surface area contributed by atoms with E-state index < -0.39 is 5.97 Å². The minimum atomic E-state index is -0.966. The Labute approximate surface area is 89.7 Å². The first-order valence-corrected chi connectivity index (χ1v) is 4.54. The van der Waals surface area contributed by atoms with E-state index in [9.17, 15) is 4.79 Å². The van der Waals surface area contributed by atoms with Gasteiger partial charge in [-0.3, -0.25) is 4.79 Å². The molecule has 2 heterocycles. The third kappa shape index (κ3) is 2.02. The number of H-pyrrole nitrogens is 1. The second-order valence-electron chi connectivity index (χ2n) is 2.90. The van der Waals surface area contributed by atoms with E-state index in [2.05, 4.69) is 9.97 Å². The van der Waals surface area contributed by atoms with Crippen LogP contribution in [-0.2, 0) is 11.2 Å². The molecule has 0 aliphatic heterocycles. The zero-order chi connectivity index (χ0) is 10.8. The van der Waals surface area contributed by atoms with Gasteiger partial charge in [-0.2, -0.15) is 0 Å². The van der Waals surface area contributed by atoms with Crippen molar-refractivity contribution in [2.45, 2.75) is 6.42 Å². The molecule has 0 saturated carbocycles. The third-order valence-electron chi connectivity index (χ3n) is 1.81. The van der Waals surface area contributed by atoms with Crippen LogP contribution in [0.15, 0.2) is 22.8 Å². The molecule has 2 aromatic heterocycles. The van der Waals surface area contributed by atoms with E-state index in [1.165, 1.54) is 6.26 Å². The molecular weight excluding hydrogens is 220 g/mol. The predicted molar refractivity (Wildman–Crippen MR) is 52.6 cm³/mol. The molecule has 0 spiro atoms. The molecule has 0 atom stereocenters. The molecule has 6 heteroatoms. The van der Waals surface area contributed by atoms with Crippen molar-refractivity contribution in [3.05, 3.63) is 29.2 Å². The summed E-state index contributed by atoms with van der Waals surface area (Å²) in [6.07, 6.45) is 1.31. The lowest BCUT2D eigenvalue weighted by atomic mass is 10.3. The lowest BCUT2D eigenvalue weighted by molar-refractivity contribution is -0.136. The van der Waals surface area contributed by atoms with Gasteiger partial charge in [-0.05, 0) is 12.1 Å². The highest BCUT2D eigenvalue weighted by Gasteiger charge is 2.13. The number of rotatable bonds is 3. The SMILES string of the molecule is O=C(O)Cc1[nH]c(-c2ccco2)nc1Cl. The number of carboxylic acids is 1. The van der Waals surface area contributed by atoms with Gasteiger partial charge in [0.1, 0.15) is 0 Å². The van der Waals surface area contributed by atoms with Crippen LogP contribution in [0.1, 0.15) is 5.69 Å². The van der Waals surface area contributed by atoms with Gasteiger partial charge >= 0.3 is 5.97 Å². The highest BCUT2D eigenvalue weighted by molar-refractivity contribution is 6.30. The summed E-state index contributed by atoms with van der Waals surface area (Å²) in [5.41, 5.74) is 0.371. The number of carbonyl (C=O) groups is 1. The molecule has 0 unspecified atom stereocenters. The lowest BCUT2D eigenvalue weighted by Crippen LogP contribution is -2.00. The Morgan fingerprint density at radius 3 is 3.07 bits per heavy atom. The maximum absolute atomic E-state index is 10.5. The van der Waals surface area contributed by atoms with Crippen molar-refractivity contribution in [2.24, 2.45) is 0 Å². The van der Waals surface area contributed by atoms with E-state index in [0.29, 0.717) is 17.3 Å². The van der Waals surface area contributed by atoms with Crippen molar-refractivity contribution in [1.82, 2.24) is 9.97 Å². The van der Waals surface area contributed by atoms with Crippen LogP contribution in [0.25, 0.3) is 11.6 Å². The smallest absolute Gasteiger partial charge is 0.309 e. The summed E-state index contributed by atoms with van der Waals surface area (Å²) in [6.45, 7) is 0.